The van der Waals surface area contributed by atoms with E-state index in [2.05, 4.69) is 15.3 Å². The van der Waals surface area contributed by atoms with Crippen molar-refractivity contribution >= 4 is 22.8 Å². The second-order valence-electron chi connectivity index (χ2n) is 6.48. The number of nitrogens with one attached hydrogen (secondary N) is 2. The standard InChI is InChI=1S/C19H21N5O3/c1-12(17-21-14-8-4-5-9-15(14)22-17)20-18(26)13-7-6-10-24(19(13)27)11-16(25)23(2)3/h4-10,12H,11H2,1-3H3,(H,20,26)(H,21,22)/t12-/m1/s1. The number of carbonyl (C=O) groups is 2. The van der Waals surface area contributed by atoms with Crippen LogP contribution >= 0.6 is 0 Å². The number of aromatic amines is 1. The molecule has 0 saturated heterocycles. The number of benzene rings is 1. The molecule has 0 aliphatic rings. The first-order valence-corrected chi connectivity index (χ1v) is 8.52. The minimum Gasteiger partial charge on any atom is -0.347 e. The summed E-state index contributed by atoms with van der Waals surface area (Å²) in [4.78, 5) is 46.0. The molecular formula is C19H21N5O3. The number of hydrogen-bond donors (Lipinski definition) is 2. The van der Waals surface area contributed by atoms with E-state index in [0.717, 1.165) is 11.0 Å². The largest absolute Gasteiger partial charge is 0.347 e. The quantitative estimate of drug-likeness (QED) is 0.710. The van der Waals surface area contributed by atoms with Crippen LogP contribution in [-0.4, -0.2) is 45.3 Å². The summed E-state index contributed by atoms with van der Waals surface area (Å²) in [5.41, 5.74) is 1.14. The van der Waals surface area contributed by atoms with Gasteiger partial charge in [0, 0.05) is 20.3 Å². The fourth-order valence-corrected chi connectivity index (χ4v) is 2.64. The number of hydrogen-bond acceptors (Lipinski definition) is 4. The van der Waals surface area contributed by atoms with Crippen molar-refractivity contribution in [3.63, 3.8) is 0 Å². The van der Waals surface area contributed by atoms with Crippen LogP contribution in [0.2, 0.25) is 0 Å². The lowest BCUT2D eigenvalue weighted by Crippen LogP contribution is -2.37. The molecule has 3 rings (SSSR count). The second-order valence-corrected chi connectivity index (χ2v) is 6.48. The van der Waals surface area contributed by atoms with Gasteiger partial charge in [0.25, 0.3) is 11.5 Å². The molecule has 0 radical (unpaired) electrons. The summed E-state index contributed by atoms with van der Waals surface area (Å²) in [6, 6.07) is 10.2. The van der Waals surface area contributed by atoms with Crippen LogP contribution in [0.15, 0.2) is 47.4 Å². The van der Waals surface area contributed by atoms with Crippen molar-refractivity contribution in [2.45, 2.75) is 19.5 Å². The number of fused-ring (bicyclic) bond motifs is 1. The number of H-pyrrole nitrogens is 1. The van der Waals surface area contributed by atoms with E-state index in [4.69, 9.17) is 0 Å². The highest BCUT2D eigenvalue weighted by Gasteiger charge is 2.18. The van der Waals surface area contributed by atoms with E-state index in [9.17, 15) is 14.4 Å². The first kappa shape index (κ1) is 18.4. The van der Waals surface area contributed by atoms with Gasteiger partial charge in [0.2, 0.25) is 5.91 Å². The Bertz CT molecular complexity index is 1020. The van der Waals surface area contributed by atoms with Gasteiger partial charge in [-0.3, -0.25) is 14.4 Å². The van der Waals surface area contributed by atoms with E-state index < -0.39 is 17.5 Å². The predicted molar refractivity (Wildman–Crippen MR) is 101 cm³/mol. The zero-order valence-corrected chi connectivity index (χ0v) is 15.4. The van der Waals surface area contributed by atoms with Crippen molar-refractivity contribution in [1.29, 1.82) is 0 Å². The van der Waals surface area contributed by atoms with Crippen LogP contribution in [-0.2, 0) is 11.3 Å². The Kier molecular flexibility index (Phi) is 5.07. The van der Waals surface area contributed by atoms with Gasteiger partial charge in [-0.1, -0.05) is 12.1 Å². The van der Waals surface area contributed by atoms with Crippen LogP contribution in [0, 0.1) is 0 Å². The maximum Gasteiger partial charge on any atom is 0.263 e. The normalized spacial score (nSPS) is 12.0. The van der Waals surface area contributed by atoms with Gasteiger partial charge in [-0.05, 0) is 31.2 Å². The Hall–Kier alpha value is -3.42. The van der Waals surface area contributed by atoms with E-state index in [1.54, 1.807) is 27.1 Å². The third kappa shape index (κ3) is 3.89. The number of pyridine rings is 1. The van der Waals surface area contributed by atoms with Gasteiger partial charge >= 0.3 is 0 Å². The van der Waals surface area contributed by atoms with Gasteiger partial charge in [0.15, 0.2) is 0 Å². The third-order valence-electron chi connectivity index (χ3n) is 4.23. The summed E-state index contributed by atoms with van der Waals surface area (Å²) >= 11 is 0. The molecule has 2 amide bonds. The Labute approximate surface area is 155 Å². The minimum absolute atomic E-state index is 0.0213. The molecule has 0 fully saturated rings. The number of para-hydroxylation sites is 2. The molecule has 3 aromatic rings. The van der Waals surface area contributed by atoms with Crippen LogP contribution in [0.3, 0.4) is 0 Å². The molecule has 1 aromatic carbocycles. The van der Waals surface area contributed by atoms with Crippen LogP contribution in [0.1, 0.15) is 29.1 Å². The average Bonchev–Trinajstić information content (AvgIpc) is 3.07. The van der Waals surface area contributed by atoms with Gasteiger partial charge in [-0.25, -0.2) is 4.98 Å². The van der Waals surface area contributed by atoms with Crippen molar-refractivity contribution < 1.29 is 9.59 Å². The summed E-state index contributed by atoms with van der Waals surface area (Å²) in [6.45, 7) is 1.67. The number of likely N-dealkylation sites (N-methyl/N-ethyl adjacent to an activating group) is 1. The van der Waals surface area contributed by atoms with E-state index in [0.29, 0.717) is 5.82 Å². The summed E-state index contributed by atoms with van der Waals surface area (Å²) in [5.74, 6) is -0.145. The number of amides is 2. The maximum absolute atomic E-state index is 12.6. The molecule has 8 heteroatoms. The van der Waals surface area contributed by atoms with Crippen LogP contribution < -0.4 is 10.9 Å². The number of nitrogens with zero attached hydrogens (tertiary/aromatic N) is 3. The molecule has 0 aliphatic carbocycles. The monoisotopic (exact) mass is 367 g/mol. The lowest BCUT2D eigenvalue weighted by atomic mass is 10.2. The molecule has 8 nitrogen and oxygen atoms in total. The molecule has 0 bridgehead atoms. The van der Waals surface area contributed by atoms with E-state index in [1.165, 1.54) is 21.7 Å². The number of aromatic nitrogens is 3. The van der Waals surface area contributed by atoms with Crippen LogP contribution in [0.4, 0.5) is 0 Å². The molecule has 27 heavy (non-hydrogen) atoms. The summed E-state index contributed by atoms with van der Waals surface area (Å²) in [5, 5.41) is 2.78. The third-order valence-corrected chi connectivity index (χ3v) is 4.23. The van der Waals surface area contributed by atoms with E-state index in [1.807, 2.05) is 24.3 Å². The number of carbonyl (C=O) groups excluding carboxylic acids is 2. The van der Waals surface area contributed by atoms with Gasteiger partial charge < -0.3 is 19.8 Å². The van der Waals surface area contributed by atoms with Gasteiger partial charge in [0.1, 0.15) is 17.9 Å². The lowest BCUT2D eigenvalue weighted by Gasteiger charge is -2.14. The number of imidazole rings is 1. The maximum atomic E-state index is 12.6. The zero-order chi connectivity index (χ0) is 19.6. The molecule has 140 valence electrons. The first-order valence-electron chi connectivity index (χ1n) is 8.52. The Morgan fingerprint density at radius 1 is 1.22 bits per heavy atom. The topological polar surface area (TPSA) is 100 Å². The van der Waals surface area contributed by atoms with Gasteiger partial charge in [-0.15, -0.1) is 0 Å². The Morgan fingerprint density at radius 2 is 1.96 bits per heavy atom. The smallest absolute Gasteiger partial charge is 0.263 e. The van der Waals surface area contributed by atoms with Crippen molar-refractivity contribution in [2.75, 3.05) is 14.1 Å². The average molecular weight is 367 g/mol. The molecule has 2 aromatic heterocycles. The van der Waals surface area contributed by atoms with E-state index in [-0.39, 0.29) is 18.0 Å². The molecule has 1 atom stereocenters. The van der Waals surface area contributed by atoms with Gasteiger partial charge in [0.05, 0.1) is 17.1 Å². The van der Waals surface area contributed by atoms with Crippen LogP contribution in [0.25, 0.3) is 11.0 Å². The highest BCUT2D eigenvalue weighted by Crippen LogP contribution is 2.15. The van der Waals surface area contributed by atoms with Crippen molar-refractivity contribution in [3.8, 4) is 0 Å². The SMILES string of the molecule is C[C@@H](NC(=O)c1cccn(CC(=O)N(C)C)c1=O)c1nc2ccccc2[nH]1. The van der Waals surface area contributed by atoms with Gasteiger partial charge in [-0.2, -0.15) is 0 Å². The van der Waals surface area contributed by atoms with Crippen LogP contribution in [0.5, 0.6) is 0 Å². The summed E-state index contributed by atoms with van der Waals surface area (Å²) in [7, 11) is 3.22. The highest BCUT2D eigenvalue weighted by molar-refractivity contribution is 5.94. The Morgan fingerprint density at radius 3 is 2.67 bits per heavy atom. The predicted octanol–water partition coefficient (Wildman–Crippen LogP) is 1.30. The fraction of sp³-hybridized carbons (Fsp3) is 0.263. The number of rotatable bonds is 5. The molecule has 0 aliphatic heterocycles. The summed E-state index contributed by atoms with van der Waals surface area (Å²) < 4.78 is 1.23. The molecule has 0 spiro atoms. The van der Waals surface area contributed by atoms with E-state index >= 15 is 0 Å². The molecule has 2 heterocycles. The van der Waals surface area contributed by atoms with Crippen molar-refractivity contribution in [3.05, 3.63) is 64.3 Å². The molecule has 2 N–H and O–H groups in total. The van der Waals surface area contributed by atoms with Crippen molar-refractivity contribution in [1.82, 2.24) is 24.8 Å². The van der Waals surface area contributed by atoms with Crippen molar-refractivity contribution in [2.24, 2.45) is 0 Å². The first-order chi connectivity index (χ1) is 12.9. The Balaban J connectivity index is 1.79. The molecular weight excluding hydrogens is 346 g/mol. The molecule has 0 unspecified atom stereocenters. The zero-order valence-electron chi connectivity index (χ0n) is 15.4. The second kappa shape index (κ2) is 7.45. The highest BCUT2D eigenvalue weighted by atomic mass is 16.2. The molecule has 0 saturated carbocycles. The minimum atomic E-state index is -0.514. The fourth-order valence-electron chi connectivity index (χ4n) is 2.64. The summed E-state index contributed by atoms with van der Waals surface area (Å²) in [6.07, 6.45) is 1.49. The lowest BCUT2D eigenvalue weighted by molar-refractivity contribution is -0.129.